The second-order valence-electron chi connectivity index (χ2n) is 32.3. The number of benzene rings is 18. The number of hydrogen-bond donors (Lipinski definition) is 0. The summed E-state index contributed by atoms with van der Waals surface area (Å²) in [5, 5.41) is 40.4. The molecule has 11 heteroatoms. The van der Waals surface area contributed by atoms with Gasteiger partial charge in [-0.15, -0.1) is 0 Å². The third kappa shape index (κ3) is 12.3. The molecule has 0 fully saturated rings. The van der Waals surface area contributed by atoms with Crippen molar-refractivity contribution in [1.82, 2.24) is 15.0 Å². The van der Waals surface area contributed by atoms with Crippen molar-refractivity contribution in [2.45, 2.75) is 23.7 Å². The number of nitrogens with one attached hydrogen (secondary N) is 2. The number of aryl methyl sites for hydroxylation is 1. The molecule has 5 aliphatic rings. The molecule has 0 aliphatic heterocycles. The summed E-state index contributed by atoms with van der Waals surface area (Å²) in [6, 6.07) is 142. The van der Waals surface area contributed by atoms with E-state index in [4.69, 9.17) is 15.0 Å². The van der Waals surface area contributed by atoms with Crippen LogP contribution in [-0.4, -0.2) is 25.1 Å². The fourth-order valence-electron chi connectivity index (χ4n) is 20.1. The quantitative estimate of drug-likeness (QED) is 0.152. The van der Waals surface area contributed by atoms with Crippen molar-refractivity contribution in [3.8, 4) is 129 Å². The molecule has 5 aliphatic carbocycles. The van der Waals surface area contributed by atoms with E-state index in [0.717, 1.165) is 79.8 Å². The minimum absolute atomic E-state index is 0. The molecule has 0 amide bonds. The maximum Gasteiger partial charge on any atom is 2.00 e. The Morgan fingerprint density at radius 3 is 1.18 bits per heavy atom. The molecule has 2 atom stereocenters. The average Bonchev–Trinajstić information content (AvgIpc) is 1.51. The van der Waals surface area contributed by atoms with Gasteiger partial charge in [0.05, 0.1) is 33.6 Å². The summed E-state index contributed by atoms with van der Waals surface area (Å²) in [6.45, 7) is 2.19. The third-order valence-electron chi connectivity index (χ3n) is 25.5. The maximum atomic E-state index is 12.3. The monoisotopic (exact) mass is 1630 g/mol. The first-order valence-corrected chi connectivity index (χ1v) is 43.4. The first-order chi connectivity index (χ1) is 61.1. The molecule has 582 valence electrons. The summed E-state index contributed by atoms with van der Waals surface area (Å²) in [7, 11) is 0. The predicted octanol–water partition coefficient (Wildman–Crippen LogP) is 25.4. The molecule has 26 rings (SSSR count). The number of thiazole rings is 2. The van der Waals surface area contributed by atoms with E-state index in [1.54, 1.807) is 34.8 Å². The summed E-state index contributed by atoms with van der Waals surface area (Å²) in [4.78, 5) is 21.7. The van der Waals surface area contributed by atoms with Crippen LogP contribution in [0.25, 0.3) is 153 Å². The first-order valence-electron chi connectivity index (χ1n) is 41.8. The van der Waals surface area contributed by atoms with Crippen molar-refractivity contribution in [2.24, 2.45) is 0 Å². The predicted molar refractivity (Wildman–Crippen MR) is 505 cm³/mol. The molecule has 0 radical (unpaired) electrons. The van der Waals surface area contributed by atoms with E-state index in [1.807, 2.05) is 140 Å². The summed E-state index contributed by atoms with van der Waals surface area (Å²) in [5.41, 5.74) is 35.1. The molecular formula is C114H72BeN6O2S2+2. The van der Waals surface area contributed by atoms with Gasteiger partial charge in [0.2, 0.25) is 11.0 Å². The molecule has 2 spiro atoms. The van der Waals surface area contributed by atoms with Crippen molar-refractivity contribution in [3.05, 3.63) is 473 Å². The Morgan fingerprint density at radius 2 is 0.680 bits per heavy atom. The fourth-order valence-corrected chi connectivity index (χ4v) is 22.2. The van der Waals surface area contributed by atoms with E-state index < -0.39 is 10.8 Å². The number of fused-ring (bicyclic) bond motifs is 27. The van der Waals surface area contributed by atoms with Gasteiger partial charge < -0.3 is 10.2 Å². The molecule has 8 nitrogen and oxygen atoms in total. The number of H-pyrrole nitrogens is 2. The van der Waals surface area contributed by atoms with E-state index in [9.17, 15) is 15.5 Å². The molecule has 18 aromatic carbocycles. The molecular weight excluding hydrogens is 1560 g/mol. The van der Waals surface area contributed by atoms with Gasteiger partial charge in [0.25, 0.3) is 10.0 Å². The molecule has 3 heterocycles. The van der Waals surface area contributed by atoms with Crippen LogP contribution in [0.1, 0.15) is 78.2 Å². The second-order valence-corrected chi connectivity index (χ2v) is 34.4. The number of aromatic amines is 2. The molecule has 21 aromatic rings. The van der Waals surface area contributed by atoms with E-state index in [1.165, 1.54) is 122 Å². The van der Waals surface area contributed by atoms with Crippen molar-refractivity contribution in [2.75, 3.05) is 0 Å². The van der Waals surface area contributed by atoms with Gasteiger partial charge in [-0.2, -0.15) is 15.2 Å². The number of nitrogens with zero attached hydrogens (tertiary/aromatic N) is 4. The van der Waals surface area contributed by atoms with E-state index in [0.29, 0.717) is 23.0 Å². The summed E-state index contributed by atoms with van der Waals surface area (Å²) in [5.74, 6) is 2.33. The van der Waals surface area contributed by atoms with Crippen molar-refractivity contribution in [3.63, 3.8) is 0 Å². The van der Waals surface area contributed by atoms with Gasteiger partial charge >= 0.3 is 10.1 Å². The molecule has 3 aromatic heterocycles. The average molecular weight is 1630 g/mol. The van der Waals surface area contributed by atoms with Gasteiger partial charge in [0.15, 0.2) is 17.5 Å². The Labute approximate surface area is 734 Å². The maximum absolute atomic E-state index is 12.3. The number of hydrogen-bond acceptors (Lipinski definition) is 8. The molecule has 0 bridgehead atoms. The zero-order valence-electron chi connectivity index (χ0n) is 67.8. The fraction of sp³-hybridized carbons (Fsp3) is 0.0351. The van der Waals surface area contributed by atoms with E-state index in [2.05, 4.69) is 272 Å². The Morgan fingerprint density at radius 1 is 0.296 bits per heavy atom. The Kier molecular flexibility index (Phi) is 18.5. The number of rotatable bonds is 6. The second kappa shape index (κ2) is 30.6. The minimum atomic E-state index is -0.424. The van der Waals surface area contributed by atoms with Gasteiger partial charge in [-0.05, 0) is 200 Å². The topological polar surface area (TPSA) is 137 Å². The Hall–Kier alpha value is -15.5. The smallest absolute Gasteiger partial charge is 0.872 e. The van der Waals surface area contributed by atoms with E-state index >= 15 is 0 Å². The summed E-state index contributed by atoms with van der Waals surface area (Å²) >= 11 is 3.24. The van der Waals surface area contributed by atoms with Crippen LogP contribution in [0.15, 0.2) is 400 Å². The zero-order chi connectivity index (χ0) is 82.7. The van der Waals surface area contributed by atoms with Crippen LogP contribution in [0.3, 0.4) is 0 Å². The van der Waals surface area contributed by atoms with Crippen LogP contribution in [0.5, 0.6) is 11.5 Å². The molecule has 2 unspecified atom stereocenters. The summed E-state index contributed by atoms with van der Waals surface area (Å²) < 4.78 is 2.32. The van der Waals surface area contributed by atoms with Crippen molar-refractivity contribution in [1.29, 1.82) is 5.26 Å². The standard InChI is InChI=1S/C40H25N3.C40H25N.2C17H11NOS.Be/c1-3-13-26(14-4-1)37-41-38(27-15-5-2-6-16-27)43-39(42-37)28-23-24-32-31-19-9-12-22-35(31)40(36(32)25-28)33-20-10-7-17-29(33)30-18-8-11-21-34(30)40;1-24-15-17-36-31(19-24)33-21-34-30(27-11-5-6-13-29(27)39(34)26-9-3-2-4-10-26)22-38(33)40(36)35-14-8-7-12-28(35)32-20-25(23-41)16-18-37(32)40;2*19-15-10-12-6-2-1-5-11(12)9-13(15)17-18-14-7-3-4-8-16(14)20-17;/h1-25H;2-22,39H,1H3;2*1-10,19H;/q;;;;+2. The van der Waals surface area contributed by atoms with Crippen molar-refractivity contribution < 1.29 is 20.2 Å². The molecule has 125 heavy (non-hydrogen) atoms. The van der Waals surface area contributed by atoms with Gasteiger partial charge in [0, 0.05) is 34.7 Å². The third-order valence-corrected chi connectivity index (χ3v) is 27.7. The largest absolute Gasteiger partial charge is 2.00 e. The van der Waals surface area contributed by atoms with Crippen LogP contribution in [0.4, 0.5) is 0 Å². The van der Waals surface area contributed by atoms with Gasteiger partial charge in [-0.3, -0.25) is 0 Å². The molecule has 0 saturated carbocycles. The zero-order valence-corrected chi connectivity index (χ0v) is 69.4. The first kappa shape index (κ1) is 75.7. The van der Waals surface area contributed by atoms with Crippen LogP contribution >= 0.6 is 22.7 Å². The Balaban J connectivity index is 0.000000104. The Bertz CT molecular complexity index is 7630. The molecule has 2 N–H and O–H groups in total. The van der Waals surface area contributed by atoms with Gasteiger partial charge in [-0.1, -0.05) is 373 Å². The number of nitriles is 1. The van der Waals surface area contributed by atoms with Crippen LogP contribution in [0, 0.1) is 18.3 Å². The van der Waals surface area contributed by atoms with Gasteiger partial charge in [0.1, 0.15) is 9.40 Å². The number of aromatic nitrogens is 5. The van der Waals surface area contributed by atoms with Crippen LogP contribution < -0.4 is 20.2 Å². The SMILES string of the molecule is Cc1ccc2c(c1)-c1cc3c(cc1C21c2ccccc2-c2cc(C#N)ccc21)-c1ccccc1C3c1ccccc1.[Be+2].[O-]c1cc2ccccc2cc1-c1[nH+]c2ccccc2s1.[O-]c1cc2ccccc2cc1-c1[nH+]c2ccccc2s1.c1ccc(-c2nc(-c3ccccc3)nc(-c3ccc4c(c3)C3(c5ccccc5-c5ccccc53)c3ccccc3-4)n2)cc1. The van der Waals surface area contributed by atoms with Crippen molar-refractivity contribution >= 4 is 74.8 Å². The minimum Gasteiger partial charge on any atom is -0.872 e. The van der Waals surface area contributed by atoms with E-state index in [-0.39, 0.29) is 27.5 Å². The number of para-hydroxylation sites is 2. The summed E-state index contributed by atoms with van der Waals surface area (Å²) in [6.07, 6.45) is 0. The normalized spacial score (nSPS) is 14.1. The van der Waals surface area contributed by atoms with Gasteiger partial charge in [-0.25, -0.2) is 15.0 Å². The van der Waals surface area contributed by atoms with Crippen LogP contribution in [-0.2, 0) is 10.8 Å². The molecule has 0 saturated heterocycles. The van der Waals surface area contributed by atoms with Crippen LogP contribution in [0.2, 0.25) is 0 Å².